The van der Waals surface area contributed by atoms with Gasteiger partial charge in [0.1, 0.15) is 19.0 Å². The summed E-state index contributed by atoms with van der Waals surface area (Å²) in [7, 11) is 1.94. The van der Waals surface area contributed by atoms with Gasteiger partial charge >= 0.3 is 35.8 Å². The van der Waals surface area contributed by atoms with Gasteiger partial charge in [-0.2, -0.15) is 0 Å². The predicted molar refractivity (Wildman–Crippen MR) is 150 cm³/mol. The molecular weight excluding hydrogens is 564 g/mol. The van der Waals surface area contributed by atoms with Crippen LogP contribution in [0.3, 0.4) is 0 Å². The Bertz CT molecular complexity index is 1400. The van der Waals surface area contributed by atoms with Gasteiger partial charge in [-0.3, -0.25) is 0 Å². The Morgan fingerprint density at radius 3 is 1.60 bits per heavy atom. The molecule has 228 valence electrons. The fourth-order valence-corrected chi connectivity index (χ4v) is 3.53. The van der Waals surface area contributed by atoms with Crippen LogP contribution in [-0.2, 0) is 64.5 Å². The van der Waals surface area contributed by atoms with Crippen molar-refractivity contribution in [3.05, 3.63) is 77.9 Å². The van der Waals surface area contributed by atoms with E-state index in [-0.39, 0.29) is 16.7 Å². The highest BCUT2D eigenvalue weighted by molar-refractivity contribution is 6.30. The summed E-state index contributed by atoms with van der Waals surface area (Å²) in [5, 5.41) is 0. The van der Waals surface area contributed by atoms with Crippen LogP contribution < -0.4 is 4.74 Å². The Labute approximate surface area is 248 Å². The Balaban J connectivity index is 2.56. The third-order valence-corrected chi connectivity index (χ3v) is 5.95. The second-order valence-electron chi connectivity index (χ2n) is 9.22. The molecule has 0 heterocycles. The highest BCUT2D eigenvalue weighted by Gasteiger charge is 2.42. The number of rotatable bonds is 11. The number of carbonyl (C=O) groups is 6. The van der Waals surface area contributed by atoms with E-state index in [9.17, 15) is 28.8 Å². The lowest BCUT2D eigenvalue weighted by Gasteiger charge is -2.32. The summed E-state index contributed by atoms with van der Waals surface area (Å²) < 4.78 is 29.8. The zero-order valence-corrected chi connectivity index (χ0v) is 24.5. The van der Waals surface area contributed by atoms with Gasteiger partial charge in [0.15, 0.2) is 0 Å². The number of benzene rings is 2. The Hall–Kier alpha value is -5.26. The molecule has 0 N–H and O–H groups in total. The summed E-state index contributed by atoms with van der Waals surface area (Å²) >= 11 is 0. The van der Waals surface area contributed by atoms with Crippen molar-refractivity contribution in [2.24, 2.45) is 0 Å². The molecule has 0 aromatic heterocycles. The zero-order valence-electron chi connectivity index (χ0n) is 24.5. The maximum Gasteiger partial charge on any atom is 0.417 e. The van der Waals surface area contributed by atoms with Gasteiger partial charge in [0.2, 0.25) is 5.60 Å². The lowest BCUT2D eigenvalue weighted by molar-refractivity contribution is -0.189. The maximum atomic E-state index is 12.7. The first-order chi connectivity index (χ1) is 20.3. The van der Waals surface area contributed by atoms with Crippen LogP contribution in [0.2, 0.25) is 0 Å². The average Bonchev–Trinajstić information content (AvgIpc) is 3.01. The van der Waals surface area contributed by atoms with Crippen molar-refractivity contribution in [2.45, 2.75) is 32.8 Å². The van der Waals surface area contributed by atoms with Crippen molar-refractivity contribution in [1.29, 1.82) is 0 Å². The van der Waals surface area contributed by atoms with E-state index in [4.69, 9.17) is 18.9 Å². The van der Waals surface area contributed by atoms with E-state index >= 15 is 0 Å². The largest absolute Gasteiger partial charge is 0.461 e. The summed E-state index contributed by atoms with van der Waals surface area (Å²) in [6.45, 7) is 10.3. The SMILES string of the molecule is C=C(C)C(=O)Oc1ccc(-c2ccc(C(COC(=O)C(=O)OC)(COC(=O)C(=O)OC)OC(=O)C(=C)C)cc2)cc1CC. The highest BCUT2D eigenvalue weighted by Crippen LogP contribution is 2.33. The first-order valence-electron chi connectivity index (χ1n) is 12.8. The number of hydrogen-bond donors (Lipinski definition) is 0. The van der Waals surface area contributed by atoms with Crippen LogP contribution in [0.1, 0.15) is 31.9 Å². The van der Waals surface area contributed by atoms with Crippen LogP contribution in [0.4, 0.5) is 0 Å². The topological polar surface area (TPSA) is 158 Å². The van der Waals surface area contributed by atoms with Gasteiger partial charge in [-0.05, 0) is 49.1 Å². The van der Waals surface area contributed by atoms with Gasteiger partial charge in [-0.15, -0.1) is 0 Å². The molecule has 0 spiro atoms. The van der Waals surface area contributed by atoms with Crippen LogP contribution in [-0.4, -0.2) is 63.2 Å². The molecule has 0 atom stereocenters. The van der Waals surface area contributed by atoms with Crippen LogP contribution >= 0.6 is 0 Å². The van der Waals surface area contributed by atoms with Crippen molar-refractivity contribution in [2.75, 3.05) is 27.4 Å². The van der Waals surface area contributed by atoms with Crippen LogP contribution in [0, 0.1) is 0 Å². The Morgan fingerprint density at radius 1 is 0.674 bits per heavy atom. The lowest BCUT2D eigenvalue weighted by Crippen LogP contribution is -2.44. The fourth-order valence-electron chi connectivity index (χ4n) is 3.53. The number of carbonyl (C=O) groups excluding carboxylic acids is 6. The minimum Gasteiger partial charge on any atom is -0.461 e. The molecule has 0 aliphatic rings. The van der Waals surface area contributed by atoms with Crippen LogP contribution in [0.15, 0.2) is 66.8 Å². The molecule has 12 heteroatoms. The van der Waals surface area contributed by atoms with Gasteiger partial charge in [0.25, 0.3) is 0 Å². The number of methoxy groups -OCH3 is 2. The molecule has 43 heavy (non-hydrogen) atoms. The fraction of sp³-hybridized carbons (Fsp3) is 0.290. The molecule has 12 nitrogen and oxygen atoms in total. The number of ether oxygens (including phenoxy) is 6. The lowest BCUT2D eigenvalue weighted by atomic mass is 9.92. The molecule has 0 fully saturated rings. The molecule has 2 aromatic carbocycles. The molecule has 0 saturated heterocycles. The molecule has 0 saturated carbocycles. The maximum absolute atomic E-state index is 12.7. The molecule has 0 aliphatic heterocycles. The Morgan fingerprint density at radius 2 is 1.16 bits per heavy atom. The summed E-state index contributed by atoms with van der Waals surface area (Å²) in [6, 6.07) is 11.6. The van der Waals surface area contributed by atoms with Crippen molar-refractivity contribution < 1.29 is 57.2 Å². The van der Waals surface area contributed by atoms with Gasteiger partial charge in [0, 0.05) is 16.7 Å². The normalized spacial score (nSPS) is 10.5. The molecule has 0 amide bonds. The molecule has 0 aliphatic carbocycles. The van der Waals surface area contributed by atoms with E-state index in [1.54, 1.807) is 31.2 Å². The van der Waals surface area contributed by atoms with Gasteiger partial charge in [-0.1, -0.05) is 50.4 Å². The third kappa shape index (κ3) is 8.86. The summed E-state index contributed by atoms with van der Waals surface area (Å²) in [5.74, 6) is -6.57. The summed E-state index contributed by atoms with van der Waals surface area (Å²) in [6.07, 6.45) is 0.557. The first kappa shape index (κ1) is 33.9. The predicted octanol–water partition coefficient (Wildman–Crippen LogP) is 3.14. The monoisotopic (exact) mass is 596 g/mol. The van der Waals surface area contributed by atoms with Crippen LogP contribution in [0.5, 0.6) is 5.75 Å². The smallest absolute Gasteiger partial charge is 0.417 e. The van der Waals surface area contributed by atoms with Crippen molar-refractivity contribution in [1.82, 2.24) is 0 Å². The molecule has 2 aromatic rings. The number of hydrogen-bond acceptors (Lipinski definition) is 12. The second kappa shape index (κ2) is 15.1. The van der Waals surface area contributed by atoms with Gasteiger partial charge in [0.05, 0.1) is 14.2 Å². The molecular formula is C31H32O12. The van der Waals surface area contributed by atoms with E-state index < -0.39 is 54.6 Å². The molecule has 2 rings (SSSR count). The molecule has 0 bridgehead atoms. The van der Waals surface area contributed by atoms with E-state index in [1.807, 2.05) is 13.0 Å². The number of esters is 6. The molecule has 0 unspecified atom stereocenters. The minimum atomic E-state index is -2.03. The molecule has 0 radical (unpaired) electrons. The first-order valence-corrected chi connectivity index (χ1v) is 12.8. The second-order valence-corrected chi connectivity index (χ2v) is 9.22. The van der Waals surface area contributed by atoms with E-state index in [0.717, 1.165) is 25.3 Å². The van der Waals surface area contributed by atoms with Crippen molar-refractivity contribution in [3.8, 4) is 16.9 Å². The van der Waals surface area contributed by atoms with E-state index in [1.165, 1.54) is 19.1 Å². The van der Waals surface area contributed by atoms with Crippen molar-refractivity contribution >= 4 is 35.8 Å². The summed E-state index contributed by atoms with van der Waals surface area (Å²) in [4.78, 5) is 72.3. The standard InChI is InChI=1S/C31H32O12/c1-8-20-15-22(11-14-24(20)42-25(32)18(2)3)21-9-12-23(13-10-21)31(43-26(33)19(4)5,16-40-29(36)27(34)38-6)17-41-30(37)28(35)39-7/h9-15H,2,4,8,16-17H2,1,3,5-7H3. The van der Waals surface area contributed by atoms with E-state index in [0.29, 0.717) is 17.7 Å². The number of aryl methyl sites for hydroxylation is 1. The van der Waals surface area contributed by atoms with Crippen LogP contribution in [0.25, 0.3) is 11.1 Å². The van der Waals surface area contributed by atoms with Gasteiger partial charge < -0.3 is 28.4 Å². The zero-order chi connectivity index (χ0) is 32.3. The third-order valence-electron chi connectivity index (χ3n) is 5.95. The quantitative estimate of drug-likeness (QED) is 0.123. The Kier molecular flexibility index (Phi) is 11.9. The van der Waals surface area contributed by atoms with Gasteiger partial charge in [-0.25, -0.2) is 28.8 Å². The van der Waals surface area contributed by atoms with E-state index in [2.05, 4.69) is 22.6 Å². The highest BCUT2D eigenvalue weighted by atomic mass is 16.6. The average molecular weight is 597 g/mol. The summed E-state index contributed by atoms with van der Waals surface area (Å²) in [5.41, 5.74) is 0.545. The minimum absolute atomic E-state index is 0.0425. The van der Waals surface area contributed by atoms with Crippen molar-refractivity contribution in [3.63, 3.8) is 0 Å².